The van der Waals surface area contributed by atoms with E-state index < -0.39 is 5.60 Å². The van der Waals surface area contributed by atoms with Crippen LogP contribution >= 0.6 is 0 Å². The van der Waals surface area contributed by atoms with Crippen molar-refractivity contribution >= 4 is 5.97 Å². The molecule has 110 valence electrons. The molecule has 4 heteroatoms. The van der Waals surface area contributed by atoms with Crippen molar-refractivity contribution in [1.29, 1.82) is 0 Å². The Kier molecular flexibility index (Phi) is 13.9. The summed E-state index contributed by atoms with van der Waals surface area (Å²) in [6, 6.07) is 0. The average molecular weight is 262 g/mol. The Labute approximate surface area is 112 Å². The van der Waals surface area contributed by atoms with Crippen LogP contribution in [0.25, 0.3) is 0 Å². The molecule has 0 bridgehead atoms. The minimum absolute atomic E-state index is 0. The second kappa shape index (κ2) is 11.2. The highest BCUT2D eigenvalue weighted by Crippen LogP contribution is 2.06. The summed E-state index contributed by atoms with van der Waals surface area (Å²) in [5.74, 6) is -0.373. The van der Waals surface area contributed by atoms with E-state index in [9.17, 15) is 4.79 Å². The van der Waals surface area contributed by atoms with E-state index in [0.717, 1.165) is 6.08 Å². The third-order valence-electron chi connectivity index (χ3n) is 1.01. The van der Waals surface area contributed by atoms with Crippen molar-refractivity contribution < 1.29 is 19.3 Å². The first-order chi connectivity index (χ1) is 7.58. The van der Waals surface area contributed by atoms with Crippen LogP contribution in [0.15, 0.2) is 12.7 Å². The molecule has 0 aliphatic heterocycles. The zero-order chi connectivity index (χ0) is 14.1. The molecule has 4 nitrogen and oxygen atoms in total. The number of hydrogen-bond donors (Lipinski definition) is 0. The molecule has 0 aromatic carbocycles. The lowest BCUT2D eigenvalue weighted by atomic mass is 10.2. The topological polar surface area (TPSA) is 44.8 Å². The Bertz CT molecular complexity index is 206. The second-order valence-corrected chi connectivity index (χ2v) is 5.03. The Morgan fingerprint density at radius 2 is 1.39 bits per heavy atom. The molecule has 0 spiro atoms. The first-order valence-electron chi connectivity index (χ1n) is 5.76. The number of carbonyl (C=O) groups excluding carboxylic acids is 1. The summed E-state index contributed by atoms with van der Waals surface area (Å²) in [7, 11) is 0. The number of ether oxygens (including phenoxy) is 1. The Balaban J connectivity index is -0.000000238. The predicted octanol–water partition coefficient (Wildman–Crippen LogP) is 3.90. The van der Waals surface area contributed by atoms with Gasteiger partial charge in [-0.1, -0.05) is 14.0 Å². The molecule has 0 unspecified atom stereocenters. The van der Waals surface area contributed by atoms with Crippen LogP contribution in [-0.2, 0) is 19.3 Å². The summed E-state index contributed by atoms with van der Waals surface area (Å²) in [5, 5.41) is 0. The Hall–Kier alpha value is -0.870. The van der Waals surface area contributed by atoms with Crippen LogP contribution in [0.4, 0.5) is 0 Å². The lowest BCUT2D eigenvalue weighted by Gasteiger charge is -2.17. The molecule has 0 saturated heterocycles. The minimum atomic E-state index is -0.398. The van der Waals surface area contributed by atoms with E-state index in [1.54, 1.807) is 0 Å². The van der Waals surface area contributed by atoms with Crippen LogP contribution in [0.2, 0.25) is 0 Å². The number of esters is 1. The summed E-state index contributed by atoms with van der Waals surface area (Å²) in [6.45, 7) is 16.4. The molecule has 0 radical (unpaired) electrons. The van der Waals surface area contributed by atoms with Crippen LogP contribution in [0.1, 0.15) is 55.9 Å². The Morgan fingerprint density at radius 1 is 1.06 bits per heavy atom. The van der Waals surface area contributed by atoms with E-state index in [0.29, 0.717) is 0 Å². The van der Waals surface area contributed by atoms with Crippen molar-refractivity contribution in [2.75, 3.05) is 0 Å². The third kappa shape index (κ3) is 24.4. The molecule has 0 amide bonds. The lowest BCUT2D eigenvalue weighted by Crippen LogP contribution is -2.22. The van der Waals surface area contributed by atoms with Gasteiger partial charge in [-0.3, -0.25) is 0 Å². The molecular weight excluding hydrogens is 232 g/mol. The highest BCUT2D eigenvalue weighted by Gasteiger charge is 2.12. The average Bonchev–Trinajstić information content (AvgIpc) is 2.13. The van der Waals surface area contributed by atoms with Crippen LogP contribution in [0, 0.1) is 0 Å². The molecule has 0 aromatic heterocycles. The molecule has 0 saturated carbocycles. The normalized spacial score (nSPS) is 10.3. The molecule has 0 atom stereocenters. The van der Waals surface area contributed by atoms with Crippen molar-refractivity contribution in [3.8, 4) is 0 Å². The van der Waals surface area contributed by atoms with Gasteiger partial charge in [0.15, 0.2) is 0 Å². The van der Waals surface area contributed by atoms with Gasteiger partial charge >= 0.3 is 5.97 Å². The fraction of sp³-hybridized carbons (Fsp3) is 0.786. The summed E-state index contributed by atoms with van der Waals surface area (Å²) >= 11 is 0. The van der Waals surface area contributed by atoms with Gasteiger partial charge in [-0.15, -0.1) is 0 Å². The monoisotopic (exact) mass is 262 g/mol. The van der Waals surface area contributed by atoms with Crippen molar-refractivity contribution in [3.63, 3.8) is 0 Å². The van der Waals surface area contributed by atoms with Gasteiger partial charge in [0.2, 0.25) is 0 Å². The van der Waals surface area contributed by atoms with E-state index in [1.807, 2.05) is 48.5 Å². The zero-order valence-corrected chi connectivity index (χ0v) is 12.1. The third-order valence-corrected chi connectivity index (χ3v) is 1.01. The van der Waals surface area contributed by atoms with Crippen LogP contribution in [0.3, 0.4) is 0 Å². The van der Waals surface area contributed by atoms with Crippen molar-refractivity contribution in [2.24, 2.45) is 0 Å². The molecule has 0 heterocycles. The van der Waals surface area contributed by atoms with Crippen molar-refractivity contribution in [2.45, 2.75) is 73.7 Å². The maximum atomic E-state index is 10.5. The molecule has 0 fully saturated rings. The summed E-state index contributed by atoms with van der Waals surface area (Å²) in [5.41, 5.74) is -0.398. The fourth-order valence-electron chi connectivity index (χ4n) is 0.566. The maximum absolute atomic E-state index is 10.5. The Morgan fingerprint density at radius 3 is 1.50 bits per heavy atom. The van der Waals surface area contributed by atoms with Gasteiger partial charge in [-0.2, -0.15) is 0 Å². The van der Waals surface area contributed by atoms with Crippen molar-refractivity contribution in [1.82, 2.24) is 0 Å². The zero-order valence-electron chi connectivity index (χ0n) is 12.1. The van der Waals surface area contributed by atoms with Gasteiger partial charge < -0.3 is 4.74 Å². The quantitative estimate of drug-likeness (QED) is 0.333. The van der Waals surface area contributed by atoms with E-state index in [-0.39, 0.29) is 25.6 Å². The largest absolute Gasteiger partial charge is 0.457 e. The first-order valence-corrected chi connectivity index (χ1v) is 5.76. The van der Waals surface area contributed by atoms with Gasteiger partial charge in [0.1, 0.15) is 5.60 Å². The molecular formula is C14H30O4. The molecule has 0 aliphatic rings. The van der Waals surface area contributed by atoms with E-state index >= 15 is 0 Å². The summed E-state index contributed by atoms with van der Waals surface area (Å²) in [6.07, 6.45) is 1.49. The molecule has 0 aromatic rings. The second-order valence-electron chi connectivity index (χ2n) is 5.03. The number of rotatable bonds is 4. The van der Waals surface area contributed by atoms with Crippen LogP contribution in [0.5, 0.6) is 0 Å². The van der Waals surface area contributed by atoms with E-state index in [4.69, 9.17) is 14.5 Å². The molecule has 0 aliphatic carbocycles. The van der Waals surface area contributed by atoms with Gasteiger partial charge in [-0.05, 0) is 48.5 Å². The van der Waals surface area contributed by atoms with Crippen molar-refractivity contribution in [3.05, 3.63) is 12.7 Å². The molecule has 0 rings (SSSR count). The molecule has 18 heavy (non-hydrogen) atoms. The highest BCUT2D eigenvalue weighted by molar-refractivity contribution is 5.81. The van der Waals surface area contributed by atoms with Gasteiger partial charge in [-0.25, -0.2) is 14.6 Å². The van der Waals surface area contributed by atoms with Gasteiger partial charge in [0.05, 0.1) is 12.2 Å². The smallest absolute Gasteiger partial charge is 0.330 e. The molecule has 0 N–H and O–H groups in total. The number of carbonyl (C=O) groups is 1. The van der Waals surface area contributed by atoms with Crippen LogP contribution in [-0.4, -0.2) is 23.8 Å². The minimum Gasteiger partial charge on any atom is -0.457 e. The van der Waals surface area contributed by atoms with Gasteiger partial charge in [0, 0.05) is 6.08 Å². The number of hydrogen-bond acceptors (Lipinski definition) is 4. The van der Waals surface area contributed by atoms with E-state index in [1.165, 1.54) is 0 Å². The van der Waals surface area contributed by atoms with Crippen LogP contribution < -0.4 is 0 Å². The maximum Gasteiger partial charge on any atom is 0.330 e. The van der Waals surface area contributed by atoms with E-state index in [2.05, 4.69) is 6.58 Å². The SMILES string of the molecule is C.C=CC(=O)OC(C)(C)C.CC(C)OOC(C)C. The standard InChI is InChI=1S/C7H12O2.C6H14O2.CH4/c1-5-6(8)9-7(2,3)4;1-5(2)7-8-6(3)4;/h5H,1H2,2-4H3;5-6H,1-4H3;1H4. The summed E-state index contributed by atoms with van der Waals surface area (Å²) in [4.78, 5) is 20.1. The lowest BCUT2D eigenvalue weighted by molar-refractivity contribution is -0.337. The first kappa shape index (κ1) is 22.3. The highest BCUT2D eigenvalue weighted by atomic mass is 17.2. The predicted molar refractivity (Wildman–Crippen MR) is 75.2 cm³/mol. The summed E-state index contributed by atoms with van der Waals surface area (Å²) < 4.78 is 4.83. The fourth-order valence-corrected chi connectivity index (χ4v) is 0.566. The van der Waals surface area contributed by atoms with Gasteiger partial charge in [0.25, 0.3) is 0 Å².